The van der Waals surface area contributed by atoms with E-state index < -0.39 is 0 Å². The Morgan fingerprint density at radius 3 is 2.75 bits per heavy atom. The fourth-order valence-electron chi connectivity index (χ4n) is 1.75. The molecule has 1 atom stereocenters. The molecule has 4 nitrogen and oxygen atoms in total. The van der Waals surface area contributed by atoms with Gasteiger partial charge in [-0.2, -0.15) is 5.10 Å². The van der Waals surface area contributed by atoms with Crippen LogP contribution in [0, 0.1) is 6.92 Å². The number of nitrogens with zero attached hydrogens (tertiary/aromatic N) is 3. The van der Waals surface area contributed by atoms with Gasteiger partial charge in [-0.1, -0.05) is 11.6 Å². The van der Waals surface area contributed by atoms with E-state index in [0.29, 0.717) is 5.02 Å². The first-order valence-electron chi connectivity index (χ1n) is 4.94. The Labute approximate surface area is 99.1 Å². The molecule has 0 spiro atoms. The molecule has 0 bridgehead atoms. The number of pyridine rings is 1. The number of nitrogens with two attached hydrogens (primary N) is 1. The predicted octanol–water partition coefficient (Wildman–Crippen LogP) is 1.83. The molecule has 0 aliphatic heterocycles. The van der Waals surface area contributed by atoms with Crippen molar-refractivity contribution >= 4 is 11.6 Å². The summed E-state index contributed by atoms with van der Waals surface area (Å²) < 4.78 is 1.70. The summed E-state index contributed by atoms with van der Waals surface area (Å²) in [5.41, 5.74) is 9.07. The number of rotatable bonds is 2. The fraction of sp³-hybridized carbons (Fsp3) is 0.273. The Kier molecular flexibility index (Phi) is 2.94. The molecular formula is C11H13ClN4. The van der Waals surface area contributed by atoms with Gasteiger partial charge in [-0.15, -0.1) is 0 Å². The zero-order valence-electron chi connectivity index (χ0n) is 9.18. The summed E-state index contributed by atoms with van der Waals surface area (Å²) in [4.78, 5) is 4.04. The van der Waals surface area contributed by atoms with Gasteiger partial charge in [0, 0.05) is 19.4 Å². The molecule has 16 heavy (non-hydrogen) atoms. The van der Waals surface area contributed by atoms with Crippen LogP contribution < -0.4 is 5.73 Å². The molecule has 0 amide bonds. The Balaban J connectivity index is 2.47. The van der Waals surface area contributed by atoms with Crippen molar-refractivity contribution < 1.29 is 0 Å². The molecule has 2 rings (SSSR count). The summed E-state index contributed by atoms with van der Waals surface area (Å²) in [6.07, 6.45) is 5.12. The van der Waals surface area contributed by atoms with E-state index in [2.05, 4.69) is 10.1 Å². The first-order chi connectivity index (χ1) is 7.61. The van der Waals surface area contributed by atoms with E-state index >= 15 is 0 Å². The molecular weight excluding hydrogens is 224 g/mol. The number of aromatic nitrogens is 3. The number of aryl methyl sites for hydroxylation is 2. The minimum Gasteiger partial charge on any atom is -0.319 e. The average molecular weight is 237 g/mol. The molecule has 0 radical (unpaired) electrons. The molecule has 0 aromatic carbocycles. The van der Waals surface area contributed by atoms with E-state index in [0.717, 1.165) is 16.8 Å². The first kappa shape index (κ1) is 11.1. The first-order valence-corrected chi connectivity index (χ1v) is 5.32. The Morgan fingerprint density at radius 2 is 2.19 bits per heavy atom. The van der Waals surface area contributed by atoms with Crippen molar-refractivity contribution in [3.05, 3.63) is 46.5 Å². The molecule has 84 valence electrons. The summed E-state index contributed by atoms with van der Waals surface area (Å²) in [7, 11) is 1.83. The van der Waals surface area contributed by atoms with Crippen LogP contribution in [0.3, 0.4) is 0 Å². The van der Waals surface area contributed by atoms with Crippen LogP contribution in [0.5, 0.6) is 0 Å². The van der Waals surface area contributed by atoms with E-state index in [4.69, 9.17) is 17.3 Å². The molecule has 2 aromatic heterocycles. The summed E-state index contributed by atoms with van der Waals surface area (Å²) in [6.45, 7) is 1.98. The van der Waals surface area contributed by atoms with E-state index in [1.165, 1.54) is 0 Å². The van der Waals surface area contributed by atoms with Crippen molar-refractivity contribution in [2.24, 2.45) is 12.8 Å². The normalized spacial score (nSPS) is 12.8. The summed E-state index contributed by atoms with van der Waals surface area (Å²) in [5, 5.41) is 4.67. The molecule has 0 saturated heterocycles. The molecule has 2 aromatic rings. The number of halogens is 1. The highest BCUT2D eigenvalue weighted by Gasteiger charge is 2.18. The molecule has 1 unspecified atom stereocenters. The van der Waals surface area contributed by atoms with E-state index in [-0.39, 0.29) is 6.04 Å². The summed E-state index contributed by atoms with van der Waals surface area (Å²) >= 11 is 6.06. The Bertz CT molecular complexity index is 487. The van der Waals surface area contributed by atoms with Crippen molar-refractivity contribution in [3.8, 4) is 0 Å². The third kappa shape index (κ3) is 1.81. The zero-order valence-corrected chi connectivity index (χ0v) is 9.94. The molecule has 0 aliphatic rings. The van der Waals surface area contributed by atoms with Crippen LogP contribution in [0.25, 0.3) is 0 Å². The van der Waals surface area contributed by atoms with Gasteiger partial charge in [-0.05, 0) is 24.1 Å². The largest absolute Gasteiger partial charge is 0.319 e. The predicted molar refractivity (Wildman–Crippen MR) is 63.2 cm³/mol. The molecule has 2 heterocycles. The number of hydrogen-bond donors (Lipinski definition) is 1. The minimum atomic E-state index is -0.275. The standard InChI is InChI=1S/C11H13ClN4/c1-7-5-14-4-3-8(7)10(13)11-9(12)6-15-16(11)2/h3-6,10H,13H2,1-2H3. The maximum Gasteiger partial charge on any atom is 0.0837 e. The minimum absolute atomic E-state index is 0.275. The van der Waals surface area contributed by atoms with E-state index in [9.17, 15) is 0 Å². The Hall–Kier alpha value is -1.39. The molecule has 0 fully saturated rings. The fourth-order valence-corrected chi connectivity index (χ4v) is 2.03. The molecule has 0 saturated carbocycles. The molecule has 2 N–H and O–H groups in total. The molecule has 0 aliphatic carbocycles. The maximum absolute atomic E-state index is 6.19. The highest BCUT2D eigenvalue weighted by atomic mass is 35.5. The van der Waals surface area contributed by atoms with Gasteiger partial charge < -0.3 is 5.73 Å². The monoisotopic (exact) mass is 236 g/mol. The van der Waals surface area contributed by atoms with Crippen LogP contribution in [0.15, 0.2) is 24.7 Å². The second kappa shape index (κ2) is 4.23. The van der Waals surface area contributed by atoms with Crippen LogP contribution in [-0.2, 0) is 7.05 Å². The van der Waals surface area contributed by atoms with Gasteiger partial charge in [0.05, 0.1) is 23.0 Å². The van der Waals surface area contributed by atoms with E-state index in [1.807, 2.05) is 20.0 Å². The third-order valence-electron chi connectivity index (χ3n) is 2.63. The van der Waals surface area contributed by atoms with Gasteiger partial charge in [0.15, 0.2) is 0 Å². The molecule has 5 heteroatoms. The van der Waals surface area contributed by atoms with Crippen LogP contribution in [0.4, 0.5) is 0 Å². The van der Waals surface area contributed by atoms with Gasteiger partial charge in [0.1, 0.15) is 0 Å². The SMILES string of the molecule is Cc1cnccc1C(N)c1c(Cl)cnn1C. The highest BCUT2D eigenvalue weighted by molar-refractivity contribution is 6.31. The summed E-state index contributed by atoms with van der Waals surface area (Å²) in [6, 6.07) is 1.63. The van der Waals surface area contributed by atoms with Crippen LogP contribution in [-0.4, -0.2) is 14.8 Å². The lowest BCUT2D eigenvalue weighted by Crippen LogP contribution is -2.17. The Morgan fingerprint density at radius 1 is 1.44 bits per heavy atom. The van der Waals surface area contributed by atoms with Gasteiger partial charge in [-0.25, -0.2) is 0 Å². The lowest BCUT2D eigenvalue weighted by atomic mass is 10.0. The van der Waals surface area contributed by atoms with Crippen molar-refractivity contribution in [1.82, 2.24) is 14.8 Å². The smallest absolute Gasteiger partial charge is 0.0837 e. The lowest BCUT2D eigenvalue weighted by Gasteiger charge is -2.15. The third-order valence-corrected chi connectivity index (χ3v) is 2.92. The highest BCUT2D eigenvalue weighted by Crippen LogP contribution is 2.26. The second-order valence-corrected chi connectivity index (χ2v) is 4.12. The van der Waals surface area contributed by atoms with Crippen LogP contribution >= 0.6 is 11.6 Å². The van der Waals surface area contributed by atoms with Crippen LogP contribution in [0.2, 0.25) is 5.02 Å². The second-order valence-electron chi connectivity index (χ2n) is 3.71. The maximum atomic E-state index is 6.19. The van der Waals surface area contributed by atoms with Crippen molar-refractivity contribution in [2.45, 2.75) is 13.0 Å². The topological polar surface area (TPSA) is 56.7 Å². The van der Waals surface area contributed by atoms with Gasteiger partial charge >= 0.3 is 0 Å². The van der Waals surface area contributed by atoms with Crippen molar-refractivity contribution in [3.63, 3.8) is 0 Å². The quantitative estimate of drug-likeness (QED) is 0.866. The van der Waals surface area contributed by atoms with E-state index in [1.54, 1.807) is 23.3 Å². The van der Waals surface area contributed by atoms with Gasteiger partial charge in [-0.3, -0.25) is 9.67 Å². The van der Waals surface area contributed by atoms with Crippen LogP contribution in [0.1, 0.15) is 22.9 Å². The van der Waals surface area contributed by atoms with Crippen molar-refractivity contribution in [1.29, 1.82) is 0 Å². The average Bonchev–Trinajstić information content (AvgIpc) is 2.58. The van der Waals surface area contributed by atoms with Gasteiger partial charge in [0.2, 0.25) is 0 Å². The van der Waals surface area contributed by atoms with Gasteiger partial charge in [0.25, 0.3) is 0 Å². The zero-order chi connectivity index (χ0) is 11.7. The lowest BCUT2D eigenvalue weighted by molar-refractivity contribution is 0.671. The van der Waals surface area contributed by atoms with Crippen molar-refractivity contribution in [2.75, 3.05) is 0 Å². The summed E-state index contributed by atoms with van der Waals surface area (Å²) in [5.74, 6) is 0. The number of hydrogen-bond acceptors (Lipinski definition) is 3.